The minimum absolute atomic E-state index is 0.0908. The Bertz CT molecular complexity index is 560. The molecular weight excluding hydrogens is 221 g/mol. The zero-order chi connectivity index (χ0) is 10.3. The maximum absolute atomic E-state index is 11.7. The maximum atomic E-state index is 11.7. The van der Waals surface area contributed by atoms with Crippen LogP contribution in [0.1, 0.15) is 0 Å². The van der Waals surface area contributed by atoms with Gasteiger partial charge in [0.05, 0.1) is 10.4 Å². The fraction of sp³-hybridized carbons (Fsp3) is 0.100. The standard InChI is InChI=1S/C10H7Cl2NO/c1-13-5-9(12)7-3-2-6(11)4-8(7)10(13)14/h2-5H,1H3. The molecule has 1 aromatic heterocycles. The van der Waals surface area contributed by atoms with E-state index in [0.717, 1.165) is 5.39 Å². The zero-order valence-corrected chi connectivity index (χ0v) is 8.93. The minimum atomic E-state index is -0.0908. The molecule has 0 unspecified atom stereocenters. The van der Waals surface area contributed by atoms with Crippen molar-refractivity contribution in [2.75, 3.05) is 0 Å². The second kappa shape index (κ2) is 3.30. The Morgan fingerprint density at radius 3 is 2.64 bits per heavy atom. The molecule has 0 radical (unpaired) electrons. The quantitative estimate of drug-likeness (QED) is 0.679. The summed E-state index contributed by atoms with van der Waals surface area (Å²) in [4.78, 5) is 11.7. The van der Waals surface area contributed by atoms with Crippen molar-refractivity contribution in [3.63, 3.8) is 0 Å². The summed E-state index contributed by atoms with van der Waals surface area (Å²) in [5, 5.41) is 2.38. The van der Waals surface area contributed by atoms with Gasteiger partial charge in [-0.05, 0) is 12.1 Å². The molecule has 0 aliphatic heterocycles. The summed E-state index contributed by atoms with van der Waals surface area (Å²) in [7, 11) is 1.66. The average molecular weight is 228 g/mol. The number of nitrogens with zero attached hydrogens (tertiary/aromatic N) is 1. The number of rotatable bonds is 0. The molecule has 14 heavy (non-hydrogen) atoms. The van der Waals surface area contributed by atoms with Crippen LogP contribution in [-0.4, -0.2) is 4.57 Å². The van der Waals surface area contributed by atoms with Crippen LogP contribution in [-0.2, 0) is 7.05 Å². The zero-order valence-electron chi connectivity index (χ0n) is 7.42. The van der Waals surface area contributed by atoms with E-state index in [2.05, 4.69) is 0 Å². The molecule has 0 fully saturated rings. The third-order valence-electron chi connectivity index (χ3n) is 2.10. The van der Waals surface area contributed by atoms with Crippen LogP contribution in [0.2, 0.25) is 10.0 Å². The van der Waals surface area contributed by atoms with Crippen LogP contribution in [0.5, 0.6) is 0 Å². The molecule has 2 aromatic rings. The predicted molar refractivity (Wildman–Crippen MR) is 59.2 cm³/mol. The van der Waals surface area contributed by atoms with E-state index < -0.39 is 0 Å². The molecule has 0 spiro atoms. The summed E-state index contributed by atoms with van der Waals surface area (Å²) in [6.07, 6.45) is 1.60. The number of halogens is 2. The lowest BCUT2D eigenvalue weighted by Gasteiger charge is -2.03. The third kappa shape index (κ3) is 1.41. The Kier molecular flexibility index (Phi) is 2.25. The Labute approximate surface area is 90.7 Å². The summed E-state index contributed by atoms with van der Waals surface area (Å²) >= 11 is 11.8. The van der Waals surface area contributed by atoms with Crippen LogP contribution in [0.25, 0.3) is 10.8 Å². The highest BCUT2D eigenvalue weighted by Gasteiger charge is 2.05. The molecule has 0 N–H and O–H groups in total. The molecule has 2 nitrogen and oxygen atoms in total. The van der Waals surface area contributed by atoms with Crippen LogP contribution < -0.4 is 5.56 Å². The first kappa shape index (κ1) is 9.56. The molecule has 4 heteroatoms. The predicted octanol–water partition coefficient (Wildman–Crippen LogP) is 2.85. The molecule has 0 aliphatic rings. The van der Waals surface area contributed by atoms with E-state index >= 15 is 0 Å². The van der Waals surface area contributed by atoms with Gasteiger partial charge >= 0.3 is 0 Å². The van der Waals surface area contributed by atoms with E-state index in [4.69, 9.17) is 23.2 Å². The Morgan fingerprint density at radius 1 is 1.21 bits per heavy atom. The van der Waals surface area contributed by atoms with Gasteiger partial charge in [-0.15, -0.1) is 0 Å². The van der Waals surface area contributed by atoms with Crippen LogP contribution >= 0.6 is 23.2 Å². The van der Waals surface area contributed by atoms with Gasteiger partial charge in [-0.25, -0.2) is 0 Å². The lowest BCUT2D eigenvalue weighted by atomic mass is 10.2. The topological polar surface area (TPSA) is 22.0 Å². The van der Waals surface area contributed by atoms with E-state index in [1.54, 1.807) is 31.4 Å². The molecule has 0 saturated carbocycles. The summed E-state index contributed by atoms with van der Waals surface area (Å²) < 4.78 is 1.45. The fourth-order valence-electron chi connectivity index (χ4n) is 1.39. The third-order valence-corrected chi connectivity index (χ3v) is 2.63. The lowest BCUT2D eigenvalue weighted by molar-refractivity contribution is 0.873. The maximum Gasteiger partial charge on any atom is 0.258 e. The number of benzene rings is 1. The lowest BCUT2D eigenvalue weighted by Crippen LogP contribution is -2.15. The molecule has 72 valence electrons. The van der Waals surface area contributed by atoms with Crippen LogP contribution in [0.3, 0.4) is 0 Å². The SMILES string of the molecule is Cn1cc(Cl)c2ccc(Cl)cc2c1=O. The smallest absolute Gasteiger partial charge is 0.258 e. The molecule has 2 rings (SSSR count). The molecule has 1 aromatic carbocycles. The molecule has 1 heterocycles. The first-order chi connectivity index (χ1) is 6.59. The second-order valence-electron chi connectivity index (χ2n) is 3.08. The van der Waals surface area contributed by atoms with Crippen molar-refractivity contribution in [1.82, 2.24) is 4.57 Å². The van der Waals surface area contributed by atoms with Crippen molar-refractivity contribution in [3.05, 3.63) is 44.8 Å². The van der Waals surface area contributed by atoms with E-state index in [1.165, 1.54) is 4.57 Å². The monoisotopic (exact) mass is 227 g/mol. The summed E-state index contributed by atoms with van der Waals surface area (Å²) in [6, 6.07) is 5.10. The van der Waals surface area contributed by atoms with Gasteiger partial charge in [0.1, 0.15) is 0 Å². The largest absolute Gasteiger partial charge is 0.317 e. The van der Waals surface area contributed by atoms with Crippen molar-refractivity contribution in [2.45, 2.75) is 0 Å². The van der Waals surface area contributed by atoms with Crippen molar-refractivity contribution in [1.29, 1.82) is 0 Å². The van der Waals surface area contributed by atoms with Gasteiger partial charge in [-0.3, -0.25) is 4.79 Å². The van der Waals surface area contributed by atoms with Crippen LogP contribution in [0.4, 0.5) is 0 Å². The highest BCUT2D eigenvalue weighted by molar-refractivity contribution is 6.36. The van der Waals surface area contributed by atoms with Gasteiger partial charge in [0.2, 0.25) is 0 Å². The first-order valence-corrected chi connectivity index (χ1v) is 4.79. The number of aromatic nitrogens is 1. The number of hydrogen-bond acceptors (Lipinski definition) is 1. The Hall–Kier alpha value is -0.990. The van der Waals surface area contributed by atoms with E-state index in [0.29, 0.717) is 15.4 Å². The Morgan fingerprint density at radius 2 is 1.93 bits per heavy atom. The van der Waals surface area contributed by atoms with Gasteiger partial charge in [-0.1, -0.05) is 29.3 Å². The number of fused-ring (bicyclic) bond motifs is 1. The van der Waals surface area contributed by atoms with Gasteiger partial charge < -0.3 is 4.57 Å². The molecular formula is C10H7Cl2NO. The fourth-order valence-corrected chi connectivity index (χ4v) is 1.87. The van der Waals surface area contributed by atoms with Gasteiger partial charge in [0, 0.05) is 23.7 Å². The number of pyridine rings is 1. The summed E-state index contributed by atoms with van der Waals surface area (Å²) in [6.45, 7) is 0. The highest BCUT2D eigenvalue weighted by atomic mass is 35.5. The molecule has 0 bridgehead atoms. The Balaban J connectivity index is 3.03. The molecule has 0 saturated heterocycles. The van der Waals surface area contributed by atoms with Crippen molar-refractivity contribution in [3.8, 4) is 0 Å². The van der Waals surface area contributed by atoms with Gasteiger partial charge in [0.25, 0.3) is 5.56 Å². The van der Waals surface area contributed by atoms with E-state index in [9.17, 15) is 4.79 Å². The van der Waals surface area contributed by atoms with Crippen molar-refractivity contribution < 1.29 is 0 Å². The second-order valence-corrected chi connectivity index (χ2v) is 3.93. The number of hydrogen-bond donors (Lipinski definition) is 0. The van der Waals surface area contributed by atoms with Crippen LogP contribution in [0.15, 0.2) is 29.2 Å². The summed E-state index contributed by atoms with van der Waals surface area (Å²) in [5.74, 6) is 0. The highest BCUT2D eigenvalue weighted by Crippen LogP contribution is 2.22. The number of aryl methyl sites for hydroxylation is 1. The van der Waals surface area contributed by atoms with E-state index in [1.807, 2.05) is 0 Å². The normalized spacial score (nSPS) is 10.8. The van der Waals surface area contributed by atoms with Gasteiger partial charge in [-0.2, -0.15) is 0 Å². The molecule has 0 atom stereocenters. The first-order valence-electron chi connectivity index (χ1n) is 4.04. The van der Waals surface area contributed by atoms with Gasteiger partial charge in [0.15, 0.2) is 0 Å². The summed E-state index contributed by atoms with van der Waals surface area (Å²) in [5.41, 5.74) is -0.0908. The molecule has 0 aliphatic carbocycles. The van der Waals surface area contributed by atoms with E-state index in [-0.39, 0.29) is 5.56 Å². The average Bonchev–Trinajstić information content (AvgIpc) is 2.14. The van der Waals surface area contributed by atoms with Crippen LogP contribution in [0, 0.1) is 0 Å². The van der Waals surface area contributed by atoms with Crippen molar-refractivity contribution in [2.24, 2.45) is 7.05 Å². The molecule has 0 amide bonds. The van der Waals surface area contributed by atoms with Crippen molar-refractivity contribution >= 4 is 34.0 Å². The minimum Gasteiger partial charge on any atom is -0.317 e.